The van der Waals surface area contributed by atoms with Crippen molar-refractivity contribution in [1.29, 1.82) is 0 Å². The van der Waals surface area contributed by atoms with Crippen LogP contribution in [0.25, 0.3) is 0 Å². The minimum absolute atomic E-state index is 0.316. The van der Waals surface area contributed by atoms with Gasteiger partial charge in [0.15, 0.2) is 0 Å². The van der Waals surface area contributed by atoms with Gasteiger partial charge in [-0.25, -0.2) is 4.79 Å². The molecule has 1 rings (SSSR count). The molecule has 0 aromatic carbocycles. The molecular formula is C7H12N4O2S. The van der Waals surface area contributed by atoms with E-state index in [1.807, 2.05) is 6.92 Å². The average molecular weight is 216 g/mol. The van der Waals surface area contributed by atoms with E-state index in [1.54, 1.807) is 0 Å². The monoisotopic (exact) mass is 216 g/mol. The molecule has 2 N–H and O–H groups in total. The lowest BCUT2D eigenvalue weighted by atomic mass is 10.5. The van der Waals surface area contributed by atoms with E-state index in [9.17, 15) is 4.79 Å². The van der Waals surface area contributed by atoms with E-state index < -0.39 is 0 Å². The highest BCUT2D eigenvalue weighted by molar-refractivity contribution is 7.17. The molecule has 2 amide bonds. The zero-order chi connectivity index (χ0) is 10.4. The third-order valence-electron chi connectivity index (χ3n) is 1.28. The number of carbonyl (C=O) groups is 1. The van der Waals surface area contributed by atoms with Gasteiger partial charge in [0.2, 0.25) is 5.13 Å². The number of ether oxygens (including phenoxy) is 1. The van der Waals surface area contributed by atoms with Crippen molar-refractivity contribution in [2.75, 3.05) is 19.0 Å². The number of hydrogen-bond donors (Lipinski definition) is 2. The summed E-state index contributed by atoms with van der Waals surface area (Å²) in [7, 11) is 1.53. The van der Waals surface area contributed by atoms with E-state index in [2.05, 4.69) is 20.8 Å². The summed E-state index contributed by atoms with van der Waals surface area (Å²) in [6, 6.07) is -0.316. The zero-order valence-corrected chi connectivity index (χ0v) is 8.85. The molecule has 1 aromatic rings. The van der Waals surface area contributed by atoms with Crippen LogP contribution in [0.5, 0.6) is 5.19 Å². The van der Waals surface area contributed by atoms with Gasteiger partial charge in [0.25, 0.3) is 5.19 Å². The smallest absolute Gasteiger partial charge is 0.320 e. The highest BCUT2D eigenvalue weighted by Gasteiger charge is 2.06. The van der Waals surface area contributed by atoms with E-state index in [4.69, 9.17) is 4.74 Å². The molecule has 0 saturated heterocycles. The van der Waals surface area contributed by atoms with Crippen molar-refractivity contribution >= 4 is 22.5 Å². The number of aromatic nitrogens is 2. The summed E-state index contributed by atoms with van der Waals surface area (Å²) in [6.45, 7) is 2.61. The molecule has 1 heterocycles. The second-order valence-corrected chi connectivity index (χ2v) is 3.37. The van der Waals surface area contributed by atoms with Gasteiger partial charge in [-0.2, -0.15) is 0 Å². The van der Waals surface area contributed by atoms with Crippen molar-refractivity contribution < 1.29 is 9.53 Å². The second kappa shape index (κ2) is 5.38. The predicted molar refractivity (Wildman–Crippen MR) is 53.8 cm³/mol. The molecule has 0 aliphatic rings. The Morgan fingerprint density at radius 1 is 1.57 bits per heavy atom. The number of carbonyl (C=O) groups excluding carboxylic acids is 1. The van der Waals surface area contributed by atoms with Gasteiger partial charge < -0.3 is 10.1 Å². The number of anilines is 1. The number of hydrogen-bond acceptors (Lipinski definition) is 5. The SMILES string of the molecule is CCCOc1nnc(NC(=O)NC)s1. The minimum Gasteiger partial charge on any atom is -0.469 e. The number of urea groups is 1. The van der Waals surface area contributed by atoms with E-state index in [1.165, 1.54) is 18.4 Å². The highest BCUT2D eigenvalue weighted by atomic mass is 32.1. The van der Waals surface area contributed by atoms with Crippen molar-refractivity contribution in [3.63, 3.8) is 0 Å². The van der Waals surface area contributed by atoms with Crippen molar-refractivity contribution in [3.05, 3.63) is 0 Å². The van der Waals surface area contributed by atoms with E-state index >= 15 is 0 Å². The molecule has 0 spiro atoms. The molecule has 0 aliphatic carbocycles. The van der Waals surface area contributed by atoms with Crippen LogP contribution in [0.15, 0.2) is 0 Å². The molecular weight excluding hydrogens is 204 g/mol. The van der Waals surface area contributed by atoms with Crippen LogP contribution in [0, 0.1) is 0 Å². The van der Waals surface area contributed by atoms with Crippen LogP contribution < -0.4 is 15.4 Å². The maximum Gasteiger partial charge on any atom is 0.320 e. The highest BCUT2D eigenvalue weighted by Crippen LogP contribution is 2.21. The van der Waals surface area contributed by atoms with Crippen LogP contribution in [0.1, 0.15) is 13.3 Å². The largest absolute Gasteiger partial charge is 0.469 e. The summed E-state index contributed by atoms with van der Waals surface area (Å²) in [6.07, 6.45) is 0.914. The van der Waals surface area contributed by atoms with Gasteiger partial charge in [-0.15, -0.1) is 5.10 Å². The first-order valence-corrected chi connectivity index (χ1v) is 5.03. The van der Waals surface area contributed by atoms with Gasteiger partial charge in [0.1, 0.15) is 0 Å². The first-order valence-electron chi connectivity index (χ1n) is 4.21. The molecule has 0 fully saturated rings. The Morgan fingerprint density at radius 3 is 3.00 bits per heavy atom. The molecule has 0 atom stereocenters. The van der Waals surface area contributed by atoms with Crippen LogP contribution in [-0.4, -0.2) is 29.9 Å². The first-order chi connectivity index (χ1) is 6.76. The van der Waals surface area contributed by atoms with Crippen molar-refractivity contribution in [1.82, 2.24) is 15.5 Å². The van der Waals surface area contributed by atoms with E-state index in [-0.39, 0.29) is 6.03 Å². The lowest BCUT2D eigenvalue weighted by molar-refractivity contribution is 0.254. The minimum atomic E-state index is -0.316. The molecule has 7 heteroatoms. The molecule has 14 heavy (non-hydrogen) atoms. The standard InChI is InChI=1S/C7H12N4O2S/c1-3-4-13-7-11-10-6(14-7)9-5(12)8-2/h3-4H2,1-2H3,(H2,8,9,10,12). The fourth-order valence-electron chi connectivity index (χ4n) is 0.668. The molecule has 0 bridgehead atoms. The van der Waals surface area contributed by atoms with Crippen molar-refractivity contribution in [3.8, 4) is 5.19 Å². The fraction of sp³-hybridized carbons (Fsp3) is 0.571. The summed E-state index contributed by atoms with van der Waals surface area (Å²) >= 11 is 1.20. The Balaban J connectivity index is 2.46. The molecule has 0 unspecified atom stereocenters. The molecule has 0 radical (unpaired) electrons. The summed E-state index contributed by atoms with van der Waals surface area (Å²) in [4.78, 5) is 10.9. The normalized spacial score (nSPS) is 9.57. The third kappa shape index (κ3) is 3.17. The zero-order valence-electron chi connectivity index (χ0n) is 8.03. The summed E-state index contributed by atoms with van der Waals surface area (Å²) < 4.78 is 5.22. The Morgan fingerprint density at radius 2 is 2.36 bits per heavy atom. The molecule has 0 saturated carbocycles. The second-order valence-electron chi connectivity index (χ2n) is 2.43. The lowest BCUT2D eigenvalue weighted by Gasteiger charge is -1.97. The first kappa shape index (κ1) is 10.7. The Hall–Kier alpha value is -1.37. The Kier molecular flexibility index (Phi) is 4.11. The number of nitrogens with one attached hydrogen (secondary N) is 2. The maximum absolute atomic E-state index is 10.9. The fourth-order valence-corrected chi connectivity index (χ4v) is 1.28. The van der Waals surface area contributed by atoms with Gasteiger partial charge >= 0.3 is 6.03 Å². The van der Waals surface area contributed by atoms with Crippen molar-refractivity contribution in [2.45, 2.75) is 13.3 Å². The Bertz CT molecular complexity index is 302. The molecule has 1 aromatic heterocycles. The third-order valence-corrected chi connectivity index (χ3v) is 2.03. The van der Waals surface area contributed by atoms with Crippen LogP contribution >= 0.6 is 11.3 Å². The maximum atomic E-state index is 10.9. The topological polar surface area (TPSA) is 76.1 Å². The van der Waals surface area contributed by atoms with Gasteiger partial charge in [-0.1, -0.05) is 12.0 Å². The summed E-state index contributed by atoms with van der Waals surface area (Å²) in [5.41, 5.74) is 0. The number of amides is 2. The van der Waals surface area contributed by atoms with Gasteiger partial charge in [-0.3, -0.25) is 5.32 Å². The van der Waals surface area contributed by atoms with E-state index in [0.29, 0.717) is 16.9 Å². The molecule has 6 nitrogen and oxygen atoms in total. The Labute approximate surface area is 85.7 Å². The van der Waals surface area contributed by atoms with Gasteiger partial charge in [0.05, 0.1) is 6.61 Å². The van der Waals surface area contributed by atoms with Crippen LogP contribution in [-0.2, 0) is 0 Å². The molecule has 78 valence electrons. The van der Waals surface area contributed by atoms with Gasteiger partial charge in [0, 0.05) is 7.05 Å². The van der Waals surface area contributed by atoms with Crippen LogP contribution in [0.2, 0.25) is 0 Å². The van der Waals surface area contributed by atoms with Crippen molar-refractivity contribution in [2.24, 2.45) is 0 Å². The average Bonchev–Trinajstić information content (AvgIpc) is 2.62. The van der Waals surface area contributed by atoms with Crippen LogP contribution in [0.4, 0.5) is 9.93 Å². The summed E-state index contributed by atoms with van der Waals surface area (Å²) in [5.74, 6) is 0. The predicted octanol–water partition coefficient (Wildman–Crippen LogP) is 1.08. The van der Waals surface area contributed by atoms with Crippen LogP contribution in [0.3, 0.4) is 0 Å². The number of rotatable bonds is 4. The lowest BCUT2D eigenvalue weighted by Crippen LogP contribution is -2.24. The quantitative estimate of drug-likeness (QED) is 0.789. The van der Waals surface area contributed by atoms with Gasteiger partial charge in [-0.05, 0) is 17.8 Å². The number of nitrogens with zero attached hydrogens (tertiary/aromatic N) is 2. The van der Waals surface area contributed by atoms with E-state index in [0.717, 1.165) is 6.42 Å². The summed E-state index contributed by atoms with van der Waals surface area (Å²) in [5, 5.41) is 13.3. The molecule has 0 aliphatic heterocycles.